The molecule has 0 atom stereocenters. The fraction of sp³-hybridized carbons (Fsp3) is 0.227. The van der Waals surface area contributed by atoms with Crippen molar-refractivity contribution in [2.45, 2.75) is 20.1 Å². The normalized spacial score (nSPS) is 10.9. The molecule has 0 saturated carbocycles. The van der Waals surface area contributed by atoms with Crippen LogP contribution in [0.1, 0.15) is 27.4 Å². The van der Waals surface area contributed by atoms with E-state index in [4.69, 9.17) is 20.8 Å². The Kier molecular flexibility index (Phi) is 6.66. The van der Waals surface area contributed by atoms with Crippen molar-refractivity contribution in [1.29, 1.82) is 0 Å². The minimum absolute atomic E-state index is 0.0699. The Morgan fingerprint density at radius 3 is 2.88 bits per heavy atom. The van der Waals surface area contributed by atoms with Crippen molar-refractivity contribution in [2.24, 2.45) is 7.05 Å². The first-order valence-electron chi connectivity index (χ1n) is 10.0. The third-order valence-corrected chi connectivity index (χ3v) is 5.27. The number of oxazole rings is 1. The van der Waals surface area contributed by atoms with Crippen molar-refractivity contribution in [1.82, 2.24) is 30.0 Å². The zero-order valence-electron chi connectivity index (χ0n) is 18.3. The second-order valence-electron chi connectivity index (χ2n) is 7.22. The summed E-state index contributed by atoms with van der Waals surface area (Å²) >= 11 is 6.25. The van der Waals surface area contributed by atoms with E-state index in [1.165, 1.54) is 6.26 Å². The summed E-state index contributed by atoms with van der Waals surface area (Å²) in [6.07, 6.45) is 4.74. The van der Waals surface area contributed by atoms with Crippen LogP contribution in [0.3, 0.4) is 0 Å². The van der Waals surface area contributed by atoms with Crippen LogP contribution in [0.25, 0.3) is 11.4 Å². The topological polar surface area (TPSA) is 120 Å². The van der Waals surface area contributed by atoms with E-state index >= 15 is 0 Å². The van der Waals surface area contributed by atoms with Crippen molar-refractivity contribution in [3.05, 3.63) is 70.5 Å². The molecule has 0 unspecified atom stereocenters. The molecular weight excluding hydrogens is 446 g/mol. The first-order chi connectivity index (χ1) is 16.0. The average molecular weight is 468 g/mol. The first kappa shape index (κ1) is 22.4. The number of carbonyl (C=O) groups excluding carboxylic acids is 1. The highest BCUT2D eigenvalue weighted by Gasteiger charge is 2.18. The van der Waals surface area contributed by atoms with E-state index in [2.05, 4.69) is 30.7 Å². The molecule has 0 spiro atoms. The van der Waals surface area contributed by atoms with Gasteiger partial charge in [0.25, 0.3) is 5.89 Å². The Labute approximate surface area is 195 Å². The fourth-order valence-electron chi connectivity index (χ4n) is 3.19. The Morgan fingerprint density at radius 2 is 2.12 bits per heavy atom. The minimum Gasteiger partial charge on any atom is -0.440 e. The second kappa shape index (κ2) is 9.80. The molecule has 10 nitrogen and oxygen atoms in total. The number of benzene rings is 1. The van der Waals surface area contributed by atoms with Crippen LogP contribution in [0.2, 0.25) is 5.02 Å². The van der Waals surface area contributed by atoms with Gasteiger partial charge in [-0.05, 0) is 24.1 Å². The zero-order chi connectivity index (χ0) is 23.4. The average Bonchev–Trinajstić information content (AvgIpc) is 3.45. The third-order valence-electron chi connectivity index (χ3n) is 4.92. The molecule has 33 heavy (non-hydrogen) atoms. The number of nitrogens with one attached hydrogen (secondary N) is 2. The van der Waals surface area contributed by atoms with Crippen LogP contribution in [0.4, 0.5) is 11.8 Å². The molecule has 4 rings (SSSR count). The molecule has 0 aliphatic carbocycles. The van der Waals surface area contributed by atoms with Gasteiger partial charge in [-0.3, -0.25) is 9.48 Å². The number of amides is 1. The van der Waals surface area contributed by atoms with E-state index in [1.54, 1.807) is 36.3 Å². The Morgan fingerprint density at radius 1 is 1.27 bits per heavy atom. The van der Waals surface area contributed by atoms with Crippen LogP contribution in [-0.2, 0) is 24.9 Å². The van der Waals surface area contributed by atoms with Gasteiger partial charge in [0.15, 0.2) is 0 Å². The van der Waals surface area contributed by atoms with Crippen molar-refractivity contribution in [3.63, 3.8) is 0 Å². The summed E-state index contributed by atoms with van der Waals surface area (Å²) < 4.78 is 12.3. The van der Waals surface area contributed by atoms with Gasteiger partial charge in [-0.15, -0.1) is 0 Å². The fourth-order valence-corrected chi connectivity index (χ4v) is 3.43. The summed E-state index contributed by atoms with van der Waals surface area (Å²) in [7, 11) is 3.40. The van der Waals surface area contributed by atoms with Crippen LogP contribution in [-0.4, -0.2) is 37.7 Å². The molecule has 0 radical (unpaired) electrons. The summed E-state index contributed by atoms with van der Waals surface area (Å²) in [4.78, 5) is 25.8. The Bertz CT molecular complexity index is 1280. The second-order valence-corrected chi connectivity index (χ2v) is 7.63. The van der Waals surface area contributed by atoms with Crippen LogP contribution in [0, 0.1) is 6.92 Å². The molecular formula is C22H22ClN7O3. The molecule has 11 heteroatoms. The summed E-state index contributed by atoms with van der Waals surface area (Å²) in [6.45, 7) is 2.45. The number of aryl methyl sites for hydroxylation is 2. The van der Waals surface area contributed by atoms with Crippen molar-refractivity contribution >= 4 is 29.3 Å². The predicted octanol–water partition coefficient (Wildman–Crippen LogP) is 3.65. The van der Waals surface area contributed by atoms with E-state index < -0.39 is 5.91 Å². The molecule has 0 aliphatic rings. The van der Waals surface area contributed by atoms with Gasteiger partial charge in [0, 0.05) is 43.6 Å². The van der Waals surface area contributed by atoms with E-state index in [0.29, 0.717) is 29.0 Å². The molecule has 0 aliphatic heterocycles. The predicted molar refractivity (Wildman–Crippen MR) is 122 cm³/mol. The quantitative estimate of drug-likeness (QED) is 0.403. The molecule has 170 valence electrons. The maximum atomic E-state index is 12.6. The van der Waals surface area contributed by atoms with E-state index in [1.807, 2.05) is 26.1 Å². The lowest BCUT2D eigenvalue weighted by atomic mass is 10.1. The van der Waals surface area contributed by atoms with Gasteiger partial charge in [-0.2, -0.15) is 5.10 Å². The van der Waals surface area contributed by atoms with Gasteiger partial charge in [0.1, 0.15) is 23.5 Å². The number of halogens is 1. The number of carbonyl (C=O) groups is 1. The highest BCUT2D eigenvalue weighted by molar-refractivity contribution is 6.31. The molecule has 0 fully saturated rings. The van der Waals surface area contributed by atoms with Crippen molar-refractivity contribution < 1.29 is 13.9 Å². The molecule has 4 aromatic rings. The highest BCUT2D eigenvalue weighted by Crippen LogP contribution is 2.23. The lowest BCUT2D eigenvalue weighted by Crippen LogP contribution is -2.23. The van der Waals surface area contributed by atoms with Gasteiger partial charge in [-0.1, -0.05) is 23.7 Å². The number of ether oxygens (including phenoxy) is 1. The van der Waals surface area contributed by atoms with Crippen molar-refractivity contribution in [2.75, 3.05) is 12.4 Å². The lowest BCUT2D eigenvalue weighted by Gasteiger charge is -2.11. The maximum Gasteiger partial charge on any atom is 0.307 e. The molecule has 2 N–H and O–H groups in total. The van der Waals surface area contributed by atoms with Gasteiger partial charge in [0.05, 0.1) is 12.8 Å². The number of rotatable bonds is 8. The van der Waals surface area contributed by atoms with E-state index in [0.717, 1.165) is 22.5 Å². The van der Waals surface area contributed by atoms with Crippen molar-refractivity contribution in [3.8, 4) is 11.4 Å². The number of nitrogens with zero attached hydrogens (tertiary/aromatic N) is 5. The smallest absolute Gasteiger partial charge is 0.307 e. The lowest BCUT2D eigenvalue weighted by molar-refractivity contribution is 0.0915. The Balaban J connectivity index is 1.49. The summed E-state index contributed by atoms with van der Waals surface area (Å²) in [5.74, 6) is 0.586. The van der Waals surface area contributed by atoms with Gasteiger partial charge in [-0.25, -0.2) is 15.0 Å². The SMILES string of the molecule is COCc1c(Cl)cccc1CNC(=O)c1nc(-c2nc(Nc3ccnn3C)ncc2C)co1. The number of anilines is 2. The van der Waals surface area contributed by atoms with Crippen LogP contribution in [0.15, 0.2) is 47.3 Å². The van der Waals surface area contributed by atoms with Gasteiger partial charge < -0.3 is 19.8 Å². The highest BCUT2D eigenvalue weighted by atomic mass is 35.5. The number of methoxy groups -OCH3 is 1. The number of hydrogen-bond donors (Lipinski definition) is 2. The third kappa shape index (κ3) is 5.02. The van der Waals surface area contributed by atoms with Gasteiger partial charge in [0.2, 0.25) is 5.95 Å². The molecule has 1 amide bonds. The zero-order valence-corrected chi connectivity index (χ0v) is 19.1. The summed E-state index contributed by atoms with van der Waals surface area (Å²) in [6, 6.07) is 7.28. The minimum atomic E-state index is -0.454. The maximum absolute atomic E-state index is 12.6. The van der Waals surface area contributed by atoms with Crippen LogP contribution >= 0.6 is 11.6 Å². The Hall–Kier alpha value is -3.76. The largest absolute Gasteiger partial charge is 0.440 e. The van der Waals surface area contributed by atoms with Gasteiger partial charge >= 0.3 is 5.91 Å². The molecule has 1 aromatic carbocycles. The van der Waals surface area contributed by atoms with Crippen LogP contribution < -0.4 is 10.6 Å². The standard InChI is InChI=1S/C22H22ClN7O3/c1-13-9-25-22(28-18-7-8-26-30(18)2)29-19(13)17-12-33-21(27-17)20(31)24-10-14-5-4-6-16(23)15(14)11-32-3/h4-9,12H,10-11H2,1-3H3,(H,24,31)(H,25,28,29). The van der Waals surface area contributed by atoms with E-state index in [-0.39, 0.29) is 12.4 Å². The molecule has 3 aromatic heterocycles. The van der Waals surface area contributed by atoms with Crippen LogP contribution in [0.5, 0.6) is 0 Å². The van der Waals surface area contributed by atoms with E-state index in [9.17, 15) is 4.79 Å². The molecule has 0 saturated heterocycles. The summed E-state index contributed by atoms with van der Waals surface area (Å²) in [5, 5.41) is 10.6. The summed E-state index contributed by atoms with van der Waals surface area (Å²) in [5.41, 5.74) is 3.43. The first-order valence-corrected chi connectivity index (χ1v) is 10.4. The molecule has 0 bridgehead atoms. The molecule has 3 heterocycles. The monoisotopic (exact) mass is 467 g/mol. The number of hydrogen-bond acceptors (Lipinski definition) is 8. The number of aromatic nitrogens is 5.